The summed E-state index contributed by atoms with van der Waals surface area (Å²) in [6, 6.07) is 0. The predicted octanol–water partition coefficient (Wildman–Crippen LogP) is 1.33. The maximum absolute atomic E-state index is 11.8. The third-order valence-electron chi connectivity index (χ3n) is 2.35. The second-order valence-electron chi connectivity index (χ2n) is 3.58. The van der Waals surface area contributed by atoms with Gasteiger partial charge in [-0.05, 0) is 22.6 Å². The number of hydrogen-bond acceptors (Lipinski definition) is 5. The van der Waals surface area contributed by atoms with Gasteiger partial charge in [0, 0.05) is 18.6 Å². The number of aromatic nitrogens is 2. The zero-order valence-electron chi connectivity index (χ0n) is 9.36. The van der Waals surface area contributed by atoms with Crippen LogP contribution in [-0.2, 0) is 16.1 Å². The highest BCUT2D eigenvalue weighted by Gasteiger charge is 2.20. The summed E-state index contributed by atoms with van der Waals surface area (Å²) >= 11 is 3.79. The van der Waals surface area contributed by atoms with Crippen molar-refractivity contribution in [2.75, 3.05) is 25.2 Å². The molecule has 1 aromatic heterocycles. The topological polar surface area (TPSA) is 64.2 Å². The minimum atomic E-state index is -0.123. The van der Waals surface area contributed by atoms with E-state index in [1.54, 1.807) is 18.9 Å². The van der Waals surface area contributed by atoms with Gasteiger partial charge in [-0.1, -0.05) is 0 Å². The van der Waals surface area contributed by atoms with E-state index in [-0.39, 0.29) is 11.7 Å². The van der Waals surface area contributed by atoms with Crippen molar-refractivity contribution < 1.29 is 9.47 Å². The van der Waals surface area contributed by atoms with Crippen LogP contribution in [0.5, 0.6) is 0 Å². The number of H-pyrrole nitrogens is 1. The first-order valence-corrected chi connectivity index (χ1v) is 7.42. The quantitative estimate of drug-likeness (QED) is 0.816. The van der Waals surface area contributed by atoms with Crippen LogP contribution in [0.2, 0.25) is 0 Å². The van der Waals surface area contributed by atoms with Crippen molar-refractivity contribution in [1.82, 2.24) is 9.97 Å². The van der Waals surface area contributed by atoms with Crippen molar-refractivity contribution >= 4 is 34.4 Å². The molecule has 0 bridgehead atoms. The second-order valence-corrected chi connectivity index (χ2v) is 5.81. The van der Waals surface area contributed by atoms with E-state index in [2.05, 4.69) is 9.97 Å². The molecule has 2 rings (SSSR count). The van der Waals surface area contributed by atoms with E-state index in [4.69, 9.17) is 9.47 Å². The minimum Gasteiger partial charge on any atom is -0.378 e. The first-order chi connectivity index (χ1) is 8.22. The molecule has 1 fully saturated rings. The highest BCUT2D eigenvalue weighted by atomic mass is 127. The van der Waals surface area contributed by atoms with Gasteiger partial charge in [0.15, 0.2) is 0 Å². The normalized spacial score (nSPS) is 20.5. The summed E-state index contributed by atoms with van der Waals surface area (Å²) in [6.45, 7) is 1.04. The third kappa shape index (κ3) is 3.21. The van der Waals surface area contributed by atoms with Crippen LogP contribution in [0.15, 0.2) is 4.79 Å². The van der Waals surface area contributed by atoms with E-state index >= 15 is 0 Å². The average Bonchev–Trinajstić information content (AvgIpc) is 2.36. The molecule has 1 N–H and O–H groups in total. The monoisotopic (exact) mass is 368 g/mol. The molecule has 17 heavy (non-hydrogen) atoms. The number of ether oxygens (including phenoxy) is 2. The summed E-state index contributed by atoms with van der Waals surface area (Å²) < 4.78 is 11.2. The van der Waals surface area contributed by atoms with E-state index in [9.17, 15) is 4.79 Å². The largest absolute Gasteiger partial charge is 0.378 e. The smallest absolute Gasteiger partial charge is 0.264 e. The lowest BCUT2D eigenvalue weighted by atomic mass is 10.3. The first kappa shape index (κ1) is 13.3. The number of nitrogens with zero attached hydrogens (tertiary/aromatic N) is 1. The molecule has 0 amide bonds. The lowest BCUT2D eigenvalue weighted by molar-refractivity contribution is 0.0685. The standard InChI is InChI=1S/C10H13IN2O3S/c1-15-4-6-8(11)10(14)13-9(12-6)7-5-17-3-2-16-7/h7H,2-5H2,1H3,(H,12,13,14). The molecule has 1 atom stereocenters. The van der Waals surface area contributed by atoms with Crippen molar-refractivity contribution in [3.63, 3.8) is 0 Å². The molecule has 1 saturated heterocycles. The van der Waals surface area contributed by atoms with Gasteiger partial charge in [0.2, 0.25) is 0 Å². The number of nitrogens with one attached hydrogen (secondary N) is 1. The van der Waals surface area contributed by atoms with Gasteiger partial charge in [-0.15, -0.1) is 0 Å². The zero-order valence-corrected chi connectivity index (χ0v) is 12.3. The molecule has 0 spiro atoms. The van der Waals surface area contributed by atoms with Crippen molar-refractivity contribution in [3.05, 3.63) is 25.4 Å². The fourth-order valence-corrected chi connectivity index (χ4v) is 2.82. The molecule has 0 aliphatic carbocycles. The molecule has 0 aromatic carbocycles. The second kappa shape index (κ2) is 6.17. The Hall–Kier alpha value is -0.120. The Morgan fingerprint density at radius 1 is 1.71 bits per heavy atom. The van der Waals surface area contributed by atoms with Crippen molar-refractivity contribution in [2.45, 2.75) is 12.7 Å². The Balaban J connectivity index is 2.30. The summed E-state index contributed by atoms with van der Waals surface area (Å²) in [6.07, 6.45) is -0.117. The molecule has 1 unspecified atom stereocenters. The zero-order chi connectivity index (χ0) is 12.3. The van der Waals surface area contributed by atoms with Crippen molar-refractivity contribution in [3.8, 4) is 0 Å². The SMILES string of the molecule is COCc1nc(C2CSCCO2)[nH]c(=O)c1I. The Labute approximate surface area is 117 Å². The lowest BCUT2D eigenvalue weighted by Gasteiger charge is -2.21. The fraction of sp³-hybridized carbons (Fsp3) is 0.600. The van der Waals surface area contributed by atoms with Gasteiger partial charge in [0.1, 0.15) is 15.5 Å². The van der Waals surface area contributed by atoms with Gasteiger partial charge >= 0.3 is 0 Å². The van der Waals surface area contributed by atoms with E-state index < -0.39 is 0 Å². The fourth-order valence-electron chi connectivity index (χ4n) is 1.56. The molecule has 94 valence electrons. The number of rotatable bonds is 3. The molecule has 0 radical (unpaired) electrons. The van der Waals surface area contributed by atoms with Gasteiger partial charge in [-0.3, -0.25) is 4.79 Å². The van der Waals surface area contributed by atoms with Crippen LogP contribution in [-0.4, -0.2) is 35.2 Å². The summed E-state index contributed by atoms with van der Waals surface area (Å²) in [5.74, 6) is 2.43. The van der Waals surface area contributed by atoms with Crippen LogP contribution in [0.4, 0.5) is 0 Å². The summed E-state index contributed by atoms with van der Waals surface area (Å²) in [5.41, 5.74) is 0.549. The number of methoxy groups -OCH3 is 1. The van der Waals surface area contributed by atoms with E-state index in [0.717, 1.165) is 11.5 Å². The molecule has 7 heteroatoms. The number of thioether (sulfide) groups is 1. The van der Waals surface area contributed by atoms with Gasteiger partial charge in [-0.25, -0.2) is 4.98 Å². The van der Waals surface area contributed by atoms with Crippen LogP contribution in [0.1, 0.15) is 17.6 Å². The Morgan fingerprint density at radius 2 is 2.53 bits per heavy atom. The maximum Gasteiger partial charge on any atom is 0.264 e. The van der Waals surface area contributed by atoms with Crippen LogP contribution in [0.25, 0.3) is 0 Å². The summed E-state index contributed by atoms with van der Waals surface area (Å²) in [4.78, 5) is 19.0. The van der Waals surface area contributed by atoms with Gasteiger partial charge in [0.05, 0.1) is 18.9 Å². The van der Waals surface area contributed by atoms with Crippen molar-refractivity contribution in [1.29, 1.82) is 0 Å². The van der Waals surface area contributed by atoms with Crippen molar-refractivity contribution in [2.24, 2.45) is 0 Å². The number of halogens is 1. The molecular weight excluding hydrogens is 355 g/mol. The van der Waals surface area contributed by atoms with E-state index in [0.29, 0.717) is 28.3 Å². The highest BCUT2D eigenvalue weighted by Crippen LogP contribution is 2.24. The van der Waals surface area contributed by atoms with Crippen LogP contribution >= 0.6 is 34.4 Å². The van der Waals surface area contributed by atoms with Crippen LogP contribution < -0.4 is 5.56 Å². The predicted molar refractivity (Wildman–Crippen MR) is 74.3 cm³/mol. The first-order valence-electron chi connectivity index (χ1n) is 5.19. The summed E-state index contributed by atoms with van der Waals surface area (Å²) in [5, 5.41) is 0. The molecule has 1 aromatic rings. The van der Waals surface area contributed by atoms with E-state index in [1.807, 2.05) is 22.6 Å². The molecule has 2 heterocycles. The minimum absolute atomic E-state index is 0.117. The van der Waals surface area contributed by atoms with E-state index in [1.165, 1.54) is 0 Å². The number of aromatic amines is 1. The highest BCUT2D eigenvalue weighted by molar-refractivity contribution is 14.1. The third-order valence-corrected chi connectivity index (χ3v) is 4.46. The van der Waals surface area contributed by atoms with Crippen LogP contribution in [0.3, 0.4) is 0 Å². The lowest BCUT2D eigenvalue weighted by Crippen LogP contribution is -2.24. The van der Waals surface area contributed by atoms with Gasteiger partial charge < -0.3 is 14.5 Å². The van der Waals surface area contributed by atoms with Gasteiger partial charge in [-0.2, -0.15) is 11.8 Å². The van der Waals surface area contributed by atoms with Gasteiger partial charge in [0.25, 0.3) is 5.56 Å². The molecular formula is C10H13IN2O3S. The van der Waals surface area contributed by atoms with Crippen LogP contribution in [0, 0.1) is 3.57 Å². The Bertz CT molecular complexity index is 446. The average molecular weight is 368 g/mol. The Morgan fingerprint density at radius 3 is 3.18 bits per heavy atom. The molecule has 1 aliphatic rings. The summed E-state index contributed by atoms with van der Waals surface area (Å²) in [7, 11) is 1.59. The number of hydrogen-bond donors (Lipinski definition) is 1. The maximum atomic E-state index is 11.8. The Kier molecular flexibility index (Phi) is 4.83. The molecule has 1 aliphatic heterocycles. The molecule has 5 nitrogen and oxygen atoms in total. The molecule has 0 saturated carbocycles.